The molecule has 3 rings (SSSR count). The van der Waals surface area contributed by atoms with E-state index in [0.29, 0.717) is 12.0 Å². The third kappa shape index (κ3) is 4.24. The van der Waals surface area contributed by atoms with Crippen LogP contribution in [-0.4, -0.2) is 59.4 Å². The summed E-state index contributed by atoms with van der Waals surface area (Å²) >= 11 is 0. The summed E-state index contributed by atoms with van der Waals surface area (Å²) in [6.45, 7) is 10.6. The zero-order valence-corrected chi connectivity index (χ0v) is 18.7. The fourth-order valence-corrected chi connectivity index (χ4v) is 5.32. The second-order valence-electron chi connectivity index (χ2n) is 10.3. The van der Waals surface area contributed by atoms with Crippen molar-refractivity contribution in [2.45, 2.75) is 103 Å². The largest absolute Gasteiger partial charge is 0.353 e. The molecule has 2 amide bonds. The van der Waals surface area contributed by atoms with Crippen molar-refractivity contribution < 1.29 is 9.59 Å². The molecule has 0 spiro atoms. The molecule has 160 valence electrons. The first kappa shape index (κ1) is 21.6. The number of carbonyl (C=O) groups excluding carboxylic acids is 2. The third-order valence-electron chi connectivity index (χ3n) is 7.92. The lowest BCUT2D eigenvalue weighted by Gasteiger charge is -2.44. The van der Waals surface area contributed by atoms with Gasteiger partial charge in [-0.15, -0.1) is 0 Å². The summed E-state index contributed by atoms with van der Waals surface area (Å²) in [4.78, 5) is 30.3. The van der Waals surface area contributed by atoms with Crippen molar-refractivity contribution in [3.8, 4) is 0 Å². The number of carbonyl (C=O) groups is 2. The van der Waals surface area contributed by atoms with E-state index in [4.69, 9.17) is 0 Å². The highest BCUT2D eigenvalue weighted by atomic mass is 16.2. The highest BCUT2D eigenvalue weighted by Crippen LogP contribution is 2.52. The van der Waals surface area contributed by atoms with Crippen LogP contribution in [0, 0.1) is 11.3 Å². The van der Waals surface area contributed by atoms with E-state index in [1.54, 1.807) is 0 Å². The molecule has 1 heterocycles. The molecule has 28 heavy (non-hydrogen) atoms. The van der Waals surface area contributed by atoms with Gasteiger partial charge >= 0.3 is 0 Å². The van der Waals surface area contributed by atoms with Gasteiger partial charge < -0.3 is 10.2 Å². The Morgan fingerprint density at radius 2 is 1.61 bits per heavy atom. The minimum Gasteiger partial charge on any atom is -0.353 e. The Balaban J connectivity index is 1.50. The number of likely N-dealkylation sites (tertiary alicyclic amines) is 1. The average Bonchev–Trinajstić information content (AvgIpc) is 3.50. The summed E-state index contributed by atoms with van der Waals surface area (Å²) in [6.07, 6.45) is 9.68. The van der Waals surface area contributed by atoms with Crippen LogP contribution in [0.25, 0.3) is 0 Å². The van der Waals surface area contributed by atoms with Crippen LogP contribution in [0.4, 0.5) is 0 Å². The molecule has 0 aromatic carbocycles. The zero-order valence-electron chi connectivity index (χ0n) is 18.7. The monoisotopic (exact) mass is 391 g/mol. The minimum atomic E-state index is -0.421. The molecule has 0 unspecified atom stereocenters. The standard InChI is InChI=1S/C23H41N3O2/c1-17(2)23(13-14-23)20(27)24-18-9-11-19(12-10-18)25(5)21(28)22(3,4)26-15-7-6-8-16-26/h17-19H,6-16H2,1-5H3,(H,24,27). The SMILES string of the molecule is CC(C)C1(C(=O)NC2CCC(N(C)C(=O)C(C)(C)N3CCCCC3)CC2)CC1. The zero-order chi connectivity index (χ0) is 20.5. The molecular formula is C23H41N3O2. The van der Waals surface area contributed by atoms with Gasteiger partial charge in [0.2, 0.25) is 11.8 Å². The Morgan fingerprint density at radius 3 is 2.11 bits per heavy atom. The molecule has 2 saturated carbocycles. The van der Waals surface area contributed by atoms with Crippen LogP contribution in [-0.2, 0) is 9.59 Å². The van der Waals surface area contributed by atoms with Crippen LogP contribution >= 0.6 is 0 Å². The molecule has 0 aromatic rings. The van der Waals surface area contributed by atoms with Crippen LogP contribution in [0.3, 0.4) is 0 Å². The summed E-state index contributed by atoms with van der Waals surface area (Å²) in [6, 6.07) is 0.572. The molecule has 0 bridgehead atoms. The van der Waals surface area contributed by atoms with Gasteiger partial charge in [0.1, 0.15) is 0 Å². The highest BCUT2D eigenvalue weighted by molar-refractivity contribution is 5.86. The summed E-state index contributed by atoms with van der Waals surface area (Å²) in [7, 11) is 1.98. The van der Waals surface area contributed by atoms with Gasteiger partial charge in [0.25, 0.3) is 0 Å². The van der Waals surface area contributed by atoms with Gasteiger partial charge in [-0.2, -0.15) is 0 Å². The fraction of sp³-hybridized carbons (Fsp3) is 0.913. The maximum absolute atomic E-state index is 13.3. The number of nitrogens with one attached hydrogen (secondary N) is 1. The second kappa shape index (κ2) is 8.33. The highest BCUT2D eigenvalue weighted by Gasteiger charge is 2.52. The second-order valence-corrected chi connectivity index (χ2v) is 10.3. The van der Waals surface area contributed by atoms with Gasteiger partial charge in [0, 0.05) is 19.1 Å². The van der Waals surface area contributed by atoms with E-state index in [1.807, 2.05) is 11.9 Å². The predicted octanol–water partition coefficient (Wildman–Crippen LogP) is 3.57. The maximum Gasteiger partial charge on any atom is 0.242 e. The number of likely N-dealkylation sites (N-methyl/N-ethyl adjacent to an activating group) is 1. The Kier molecular flexibility index (Phi) is 6.43. The smallest absolute Gasteiger partial charge is 0.242 e. The lowest BCUT2D eigenvalue weighted by molar-refractivity contribution is -0.145. The van der Waals surface area contributed by atoms with Crippen LogP contribution < -0.4 is 5.32 Å². The minimum absolute atomic E-state index is 0.0952. The quantitative estimate of drug-likeness (QED) is 0.753. The van der Waals surface area contributed by atoms with E-state index < -0.39 is 5.54 Å². The van der Waals surface area contributed by atoms with Gasteiger partial charge in [-0.3, -0.25) is 14.5 Å². The summed E-state index contributed by atoms with van der Waals surface area (Å²) < 4.78 is 0. The first-order valence-electron chi connectivity index (χ1n) is 11.5. The molecular weight excluding hydrogens is 350 g/mol. The predicted molar refractivity (Wildman–Crippen MR) is 113 cm³/mol. The van der Waals surface area contributed by atoms with Gasteiger partial charge in [-0.25, -0.2) is 0 Å². The number of rotatable bonds is 6. The van der Waals surface area contributed by atoms with Crippen LogP contribution in [0.15, 0.2) is 0 Å². The normalized spacial score (nSPS) is 28.1. The number of piperidine rings is 1. The van der Waals surface area contributed by atoms with E-state index in [-0.39, 0.29) is 23.3 Å². The van der Waals surface area contributed by atoms with Crippen LogP contribution in [0.1, 0.15) is 85.5 Å². The molecule has 2 aliphatic carbocycles. The van der Waals surface area contributed by atoms with Crippen molar-refractivity contribution in [1.82, 2.24) is 15.1 Å². The molecule has 5 heteroatoms. The van der Waals surface area contributed by atoms with Crippen molar-refractivity contribution in [3.05, 3.63) is 0 Å². The van der Waals surface area contributed by atoms with Crippen molar-refractivity contribution >= 4 is 11.8 Å². The van der Waals surface area contributed by atoms with Gasteiger partial charge in [0.15, 0.2) is 0 Å². The van der Waals surface area contributed by atoms with E-state index in [2.05, 4.69) is 37.9 Å². The van der Waals surface area contributed by atoms with Gasteiger partial charge in [-0.05, 0) is 84.2 Å². The summed E-state index contributed by atoms with van der Waals surface area (Å²) in [5.41, 5.74) is -0.516. The average molecular weight is 392 g/mol. The molecule has 1 aliphatic heterocycles. The Morgan fingerprint density at radius 1 is 1.04 bits per heavy atom. The maximum atomic E-state index is 13.3. The molecule has 3 aliphatic rings. The topological polar surface area (TPSA) is 52.7 Å². The van der Waals surface area contributed by atoms with Crippen molar-refractivity contribution in [3.63, 3.8) is 0 Å². The molecule has 1 saturated heterocycles. The Labute approximate surface area is 171 Å². The third-order valence-corrected chi connectivity index (χ3v) is 7.92. The van der Waals surface area contributed by atoms with Crippen LogP contribution in [0.2, 0.25) is 0 Å². The molecule has 1 N–H and O–H groups in total. The number of amides is 2. The Hall–Kier alpha value is -1.10. The molecule has 0 atom stereocenters. The number of nitrogens with zero attached hydrogens (tertiary/aromatic N) is 2. The number of hydrogen-bond acceptors (Lipinski definition) is 3. The molecule has 3 fully saturated rings. The summed E-state index contributed by atoms with van der Waals surface area (Å²) in [5.74, 6) is 0.935. The van der Waals surface area contributed by atoms with E-state index in [1.165, 1.54) is 19.3 Å². The van der Waals surface area contributed by atoms with Crippen molar-refractivity contribution in [2.75, 3.05) is 20.1 Å². The molecule has 0 aromatic heterocycles. The summed E-state index contributed by atoms with van der Waals surface area (Å²) in [5, 5.41) is 3.32. The number of hydrogen-bond donors (Lipinski definition) is 1. The molecule has 5 nitrogen and oxygen atoms in total. The van der Waals surface area contributed by atoms with Crippen molar-refractivity contribution in [1.29, 1.82) is 0 Å². The molecule has 0 radical (unpaired) electrons. The first-order valence-corrected chi connectivity index (χ1v) is 11.5. The van der Waals surface area contributed by atoms with Crippen LogP contribution in [0.5, 0.6) is 0 Å². The van der Waals surface area contributed by atoms with E-state index in [9.17, 15) is 9.59 Å². The van der Waals surface area contributed by atoms with E-state index >= 15 is 0 Å². The Bertz CT molecular complexity index is 568. The first-order chi connectivity index (χ1) is 13.2. The van der Waals surface area contributed by atoms with Gasteiger partial charge in [0.05, 0.1) is 11.0 Å². The van der Waals surface area contributed by atoms with Crippen molar-refractivity contribution in [2.24, 2.45) is 11.3 Å². The lowest BCUT2D eigenvalue weighted by Crippen LogP contribution is -2.59. The fourth-order valence-electron chi connectivity index (χ4n) is 5.32. The van der Waals surface area contributed by atoms with Gasteiger partial charge in [-0.1, -0.05) is 20.3 Å². The van der Waals surface area contributed by atoms with E-state index in [0.717, 1.165) is 51.6 Å². The lowest BCUT2D eigenvalue weighted by atomic mass is 9.87.